The maximum Gasteiger partial charge on any atom is 0.0900 e. The van der Waals surface area contributed by atoms with E-state index in [-0.39, 0.29) is 22.0 Å². The second kappa shape index (κ2) is 23.2. The fourth-order valence-electron chi connectivity index (χ4n) is 6.83. The Morgan fingerprint density at radius 3 is 1.50 bits per heavy atom. The van der Waals surface area contributed by atoms with Crippen LogP contribution in [0.1, 0.15) is 173 Å². The molecule has 0 aromatic carbocycles. The number of nitrogens with zero attached hydrogens (tertiary/aromatic N) is 2. The number of ether oxygens (including phenoxy) is 2. The number of aliphatic hydroxyl groups is 2. The number of rotatable bonds is 26. The smallest absolute Gasteiger partial charge is 0.0900 e. The molecule has 0 heterocycles. The second-order valence-corrected chi connectivity index (χ2v) is 18.4. The summed E-state index contributed by atoms with van der Waals surface area (Å²) in [5.41, 5.74) is 0.572. The molecule has 0 radical (unpaired) electrons. The summed E-state index contributed by atoms with van der Waals surface area (Å²) in [5, 5.41) is 20.7. The van der Waals surface area contributed by atoms with Crippen molar-refractivity contribution in [2.45, 2.75) is 202 Å². The summed E-state index contributed by atoms with van der Waals surface area (Å²) in [5.74, 6) is 0.870. The van der Waals surface area contributed by atoms with Crippen molar-refractivity contribution in [1.29, 1.82) is 0 Å². The Labute approximate surface area is 288 Å². The minimum absolute atomic E-state index is 0.0296. The number of aliphatic hydroxyl groups excluding tert-OH is 2. The first-order valence-electron chi connectivity index (χ1n) is 19.2. The van der Waals surface area contributed by atoms with Crippen molar-refractivity contribution in [2.24, 2.45) is 11.3 Å². The van der Waals surface area contributed by atoms with E-state index in [4.69, 9.17) is 9.47 Å². The van der Waals surface area contributed by atoms with Gasteiger partial charge in [-0.3, -0.25) is 9.80 Å². The highest BCUT2D eigenvalue weighted by Crippen LogP contribution is 2.27. The average Bonchev–Trinajstić information content (AvgIpc) is 2.88. The van der Waals surface area contributed by atoms with Crippen LogP contribution >= 0.6 is 0 Å². The van der Waals surface area contributed by atoms with Gasteiger partial charge in [-0.1, -0.05) is 72.6 Å². The van der Waals surface area contributed by atoms with E-state index in [1.807, 2.05) is 0 Å². The largest absolute Gasteiger partial charge is 0.391 e. The highest BCUT2D eigenvalue weighted by atomic mass is 16.5. The normalized spacial score (nSPS) is 15.6. The Bertz CT molecular complexity index is 703. The molecule has 6 heteroatoms. The van der Waals surface area contributed by atoms with Gasteiger partial charge in [-0.25, -0.2) is 0 Å². The fourth-order valence-corrected chi connectivity index (χ4v) is 6.83. The molecule has 0 amide bonds. The van der Waals surface area contributed by atoms with E-state index in [2.05, 4.69) is 99.8 Å². The van der Waals surface area contributed by atoms with Crippen molar-refractivity contribution >= 4 is 0 Å². The lowest BCUT2D eigenvalue weighted by Gasteiger charge is -2.45. The maximum atomic E-state index is 10.7. The van der Waals surface area contributed by atoms with Crippen molar-refractivity contribution in [3.8, 4) is 0 Å². The van der Waals surface area contributed by atoms with Crippen LogP contribution in [-0.2, 0) is 9.47 Å². The van der Waals surface area contributed by atoms with Crippen LogP contribution in [0.4, 0.5) is 0 Å². The van der Waals surface area contributed by atoms with Crippen LogP contribution in [0.3, 0.4) is 0 Å². The van der Waals surface area contributed by atoms with Gasteiger partial charge in [0.1, 0.15) is 0 Å². The molecular weight excluding hydrogens is 572 g/mol. The minimum Gasteiger partial charge on any atom is -0.391 e. The first-order chi connectivity index (χ1) is 21.2. The van der Waals surface area contributed by atoms with Gasteiger partial charge in [0.15, 0.2) is 0 Å². The molecule has 0 aliphatic carbocycles. The van der Waals surface area contributed by atoms with Crippen LogP contribution in [0.2, 0.25) is 0 Å². The van der Waals surface area contributed by atoms with Crippen LogP contribution in [-0.4, -0.2) is 94.9 Å². The van der Waals surface area contributed by atoms with Crippen LogP contribution in [0.15, 0.2) is 0 Å². The van der Waals surface area contributed by atoms with Gasteiger partial charge in [-0.2, -0.15) is 0 Å². The molecule has 2 N–H and O–H groups in total. The third-order valence-electron chi connectivity index (χ3n) is 9.16. The molecule has 3 unspecified atom stereocenters. The number of unbranched alkanes of at least 4 members (excludes halogenated alkanes) is 6. The highest BCUT2D eigenvalue weighted by Gasteiger charge is 2.31. The molecule has 278 valence electrons. The lowest BCUT2D eigenvalue weighted by Crippen LogP contribution is -2.52. The standard InChI is InChI=1S/C40H84N2O4/c1-14-34(25-23-27-42(39(8,9)10)40(11,12)13)24-19-17-15-16-18-20-26-41(38(5,6)7)31-36(44)33-46-29-22-21-28-45-32-35(43)30-37(2,3)4/h34-36,43-44H,14-33H2,1-13H3. The zero-order valence-electron chi connectivity index (χ0n) is 33.5. The van der Waals surface area contributed by atoms with Gasteiger partial charge in [0.2, 0.25) is 0 Å². The van der Waals surface area contributed by atoms with Crippen molar-refractivity contribution in [1.82, 2.24) is 9.80 Å². The summed E-state index contributed by atoms with van der Waals surface area (Å²) in [6.07, 6.45) is 14.9. The number of hydrogen-bond acceptors (Lipinski definition) is 6. The molecule has 0 spiro atoms. The molecule has 0 fully saturated rings. The summed E-state index contributed by atoms with van der Waals surface area (Å²) in [7, 11) is 0. The molecular formula is C40H84N2O4. The van der Waals surface area contributed by atoms with Gasteiger partial charge in [0.25, 0.3) is 0 Å². The van der Waals surface area contributed by atoms with Crippen LogP contribution in [0, 0.1) is 11.3 Å². The zero-order chi connectivity index (χ0) is 35.4. The molecule has 0 aromatic heterocycles. The second-order valence-electron chi connectivity index (χ2n) is 18.4. The van der Waals surface area contributed by atoms with Gasteiger partial charge in [-0.15, -0.1) is 0 Å². The lowest BCUT2D eigenvalue weighted by molar-refractivity contribution is -0.00741. The van der Waals surface area contributed by atoms with Gasteiger partial charge in [0, 0.05) is 36.4 Å². The molecule has 46 heavy (non-hydrogen) atoms. The van der Waals surface area contributed by atoms with Gasteiger partial charge in [0.05, 0.1) is 25.4 Å². The summed E-state index contributed by atoms with van der Waals surface area (Å²) in [6.45, 7) is 34.5. The van der Waals surface area contributed by atoms with Gasteiger partial charge in [-0.05, 0) is 125 Å². The van der Waals surface area contributed by atoms with Gasteiger partial charge < -0.3 is 19.7 Å². The Kier molecular flexibility index (Phi) is 23.1. The summed E-state index contributed by atoms with van der Waals surface area (Å²) < 4.78 is 11.4. The molecule has 0 saturated heterocycles. The number of β-amino-alcohol motifs (C(OH)–C–C–N with tert-alkyl or cyclic N) is 1. The highest BCUT2D eigenvalue weighted by molar-refractivity contribution is 4.87. The predicted molar refractivity (Wildman–Crippen MR) is 200 cm³/mol. The van der Waals surface area contributed by atoms with Crippen molar-refractivity contribution < 1.29 is 19.7 Å². The lowest BCUT2D eigenvalue weighted by atomic mass is 9.89. The van der Waals surface area contributed by atoms with E-state index in [0.717, 1.165) is 31.7 Å². The van der Waals surface area contributed by atoms with E-state index in [9.17, 15) is 10.2 Å². The maximum absolute atomic E-state index is 10.7. The Hall–Kier alpha value is -0.240. The molecule has 0 aromatic rings. The van der Waals surface area contributed by atoms with Gasteiger partial charge >= 0.3 is 0 Å². The molecule has 0 aliphatic rings. The Balaban J connectivity index is 4.09. The van der Waals surface area contributed by atoms with E-state index >= 15 is 0 Å². The van der Waals surface area contributed by atoms with E-state index in [1.54, 1.807) is 0 Å². The summed E-state index contributed by atoms with van der Waals surface area (Å²) >= 11 is 0. The van der Waals surface area contributed by atoms with Crippen LogP contribution < -0.4 is 0 Å². The monoisotopic (exact) mass is 657 g/mol. The molecule has 0 aliphatic heterocycles. The SMILES string of the molecule is CCC(CCCCCCCCN(CC(O)COCCCCOCC(O)CC(C)(C)C)C(C)(C)C)CCCN(C(C)(C)C)C(C)(C)C. The topological polar surface area (TPSA) is 65.4 Å². The van der Waals surface area contributed by atoms with Crippen molar-refractivity contribution in [3.63, 3.8) is 0 Å². The fraction of sp³-hybridized carbons (Fsp3) is 1.00. The van der Waals surface area contributed by atoms with E-state index in [0.29, 0.717) is 33.0 Å². The number of hydrogen-bond donors (Lipinski definition) is 2. The molecule has 3 atom stereocenters. The summed E-state index contributed by atoms with van der Waals surface area (Å²) in [4.78, 5) is 5.09. The first-order valence-corrected chi connectivity index (χ1v) is 19.2. The van der Waals surface area contributed by atoms with E-state index in [1.165, 1.54) is 70.8 Å². The average molecular weight is 657 g/mol. The summed E-state index contributed by atoms with van der Waals surface area (Å²) in [6, 6.07) is 0. The quantitative estimate of drug-likeness (QED) is 0.0905. The third-order valence-corrected chi connectivity index (χ3v) is 9.16. The molecule has 0 saturated carbocycles. The van der Waals surface area contributed by atoms with E-state index < -0.39 is 12.2 Å². The molecule has 0 bridgehead atoms. The predicted octanol–water partition coefficient (Wildman–Crippen LogP) is 9.49. The van der Waals surface area contributed by atoms with Crippen LogP contribution in [0.25, 0.3) is 0 Å². The zero-order valence-corrected chi connectivity index (χ0v) is 33.5. The molecule has 0 rings (SSSR count). The van der Waals surface area contributed by atoms with Crippen LogP contribution in [0.5, 0.6) is 0 Å². The Morgan fingerprint density at radius 2 is 1.02 bits per heavy atom. The Morgan fingerprint density at radius 1 is 0.543 bits per heavy atom. The van der Waals surface area contributed by atoms with Crippen molar-refractivity contribution in [2.75, 3.05) is 46.1 Å². The van der Waals surface area contributed by atoms with Crippen molar-refractivity contribution in [3.05, 3.63) is 0 Å². The third kappa shape index (κ3) is 24.8. The minimum atomic E-state index is -0.473. The first kappa shape index (κ1) is 45.8. The molecule has 6 nitrogen and oxygen atoms in total.